The van der Waals surface area contributed by atoms with Crippen LogP contribution in [-0.2, 0) is 4.74 Å². The van der Waals surface area contributed by atoms with Crippen molar-refractivity contribution in [3.05, 3.63) is 0 Å². The van der Waals surface area contributed by atoms with Gasteiger partial charge in [0.05, 0.1) is 0 Å². The van der Waals surface area contributed by atoms with Crippen LogP contribution in [0.4, 0.5) is 4.79 Å². The maximum Gasteiger partial charge on any atom is 0.407 e. The molecule has 0 spiro atoms. The monoisotopic (exact) mass is 590 g/mol. The fourth-order valence-electron chi connectivity index (χ4n) is 4.11. The molecule has 0 saturated heterocycles. The molecule has 0 saturated carbocycles. The van der Waals surface area contributed by atoms with E-state index in [0.29, 0.717) is 13.0 Å². The minimum atomic E-state index is -0.398. The summed E-state index contributed by atoms with van der Waals surface area (Å²) in [5, 5.41) is 2.81. The van der Waals surface area contributed by atoms with Gasteiger partial charge in [-0.05, 0) is 110 Å². The zero-order valence-corrected chi connectivity index (χ0v) is 27.4. The third kappa shape index (κ3) is 32.2. The lowest BCUT2D eigenvalue weighted by atomic mass is 10.0. The van der Waals surface area contributed by atoms with Crippen LogP contribution in [0.25, 0.3) is 0 Å². The molecule has 232 valence electrons. The summed E-state index contributed by atoms with van der Waals surface area (Å²) in [7, 11) is 3.93. The number of alkyl carbamates (subject to hydrolysis) is 1. The summed E-state index contributed by atoms with van der Waals surface area (Å²) in [4.78, 5) is 14.3. The molecule has 1 N–H and O–H groups in total. The SMILES string of the molecule is C#CC#CC#CC#CC#CC#CC#CC#CCC(CCCCCCCCCCCCCCCCC)OC(=O)NCCN(C)C. The summed E-state index contributed by atoms with van der Waals surface area (Å²) in [5.74, 6) is 38.4. The molecule has 1 atom stereocenters. The number of terminal acetylenes is 1. The Morgan fingerprint density at radius 1 is 0.636 bits per heavy atom. The molecule has 0 fully saturated rings. The topological polar surface area (TPSA) is 41.6 Å². The Morgan fingerprint density at radius 2 is 1.05 bits per heavy atom. The van der Waals surface area contributed by atoms with Crippen molar-refractivity contribution in [2.45, 2.75) is 122 Å². The average Bonchev–Trinajstić information content (AvgIpc) is 3.00. The summed E-state index contributed by atoms with van der Waals surface area (Å²) in [5.41, 5.74) is 0. The highest BCUT2D eigenvalue weighted by Gasteiger charge is 2.13. The van der Waals surface area contributed by atoms with Crippen molar-refractivity contribution in [2.75, 3.05) is 27.2 Å². The Morgan fingerprint density at radius 3 is 1.48 bits per heavy atom. The Hall–Kier alpha value is -4.29. The fraction of sp³-hybridized carbons (Fsp3) is 0.575. The van der Waals surface area contributed by atoms with Crippen LogP contribution in [0.3, 0.4) is 0 Å². The largest absolute Gasteiger partial charge is 0.445 e. The molecule has 1 unspecified atom stereocenters. The third-order valence-electron chi connectivity index (χ3n) is 6.47. The van der Waals surface area contributed by atoms with Crippen LogP contribution < -0.4 is 5.32 Å². The predicted molar refractivity (Wildman–Crippen MR) is 184 cm³/mol. The molecular formula is C40H50N2O2. The second-order valence-electron chi connectivity index (χ2n) is 10.6. The normalized spacial score (nSPS) is 9.43. The van der Waals surface area contributed by atoms with E-state index in [9.17, 15) is 4.79 Å². The molecule has 0 aliphatic rings. The molecule has 4 heteroatoms. The third-order valence-corrected chi connectivity index (χ3v) is 6.47. The van der Waals surface area contributed by atoms with Crippen molar-refractivity contribution in [3.8, 4) is 95.2 Å². The van der Waals surface area contributed by atoms with E-state index < -0.39 is 6.09 Å². The molecule has 4 nitrogen and oxygen atoms in total. The van der Waals surface area contributed by atoms with E-state index in [1.807, 2.05) is 19.0 Å². The number of carbonyl (C=O) groups is 1. The molecule has 0 heterocycles. The van der Waals surface area contributed by atoms with Gasteiger partial charge < -0.3 is 15.0 Å². The van der Waals surface area contributed by atoms with Gasteiger partial charge in [0.2, 0.25) is 0 Å². The van der Waals surface area contributed by atoms with Crippen molar-refractivity contribution >= 4 is 6.09 Å². The van der Waals surface area contributed by atoms with Crippen LogP contribution in [0.15, 0.2) is 0 Å². The highest BCUT2D eigenvalue weighted by molar-refractivity contribution is 5.67. The van der Waals surface area contributed by atoms with E-state index in [-0.39, 0.29) is 6.10 Å². The van der Waals surface area contributed by atoms with Crippen LogP contribution in [-0.4, -0.2) is 44.3 Å². The Bertz CT molecular complexity index is 1270. The second-order valence-corrected chi connectivity index (χ2v) is 10.6. The minimum Gasteiger partial charge on any atom is -0.445 e. The molecule has 1 amide bonds. The van der Waals surface area contributed by atoms with Crippen LogP contribution in [0, 0.1) is 95.2 Å². The smallest absolute Gasteiger partial charge is 0.407 e. The van der Waals surface area contributed by atoms with Crippen molar-refractivity contribution < 1.29 is 9.53 Å². The minimum absolute atomic E-state index is 0.262. The fourth-order valence-corrected chi connectivity index (χ4v) is 4.11. The standard InChI is InChI=1S/C40H50N2O2/c1-5-7-9-11-13-15-17-19-21-23-25-27-29-31-33-35-39(44-40(43)41-37-38-42(3)4)36-34-32-30-28-26-24-22-20-18-16-14-12-10-8-6-2/h1,39H,6,8,10,12,14,16,18,20,22,24,26,28,30,32,34-38H2,2-4H3,(H,41,43). The lowest BCUT2D eigenvalue weighted by Gasteiger charge is -2.17. The van der Waals surface area contributed by atoms with E-state index >= 15 is 0 Å². The number of nitrogens with one attached hydrogen (secondary N) is 1. The summed E-state index contributed by atoms with van der Waals surface area (Å²) < 4.78 is 5.67. The van der Waals surface area contributed by atoms with Gasteiger partial charge in [-0.15, -0.1) is 6.42 Å². The first-order valence-corrected chi connectivity index (χ1v) is 16.1. The lowest BCUT2D eigenvalue weighted by Crippen LogP contribution is -2.34. The van der Waals surface area contributed by atoms with E-state index in [4.69, 9.17) is 11.2 Å². The van der Waals surface area contributed by atoms with Gasteiger partial charge in [-0.25, -0.2) is 4.79 Å². The number of ether oxygens (including phenoxy) is 1. The average molecular weight is 591 g/mol. The van der Waals surface area contributed by atoms with Gasteiger partial charge in [-0.2, -0.15) is 0 Å². The van der Waals surface area contributed by atoms with E-state index in [1.54, 1.807) is 0 Å². The number of hydrogen-bond acceptors (Lipinski definition) is 3. The highest BCUT2D eigenvalue weighted by atomic mass is 16.6. The first kappa shape index (κ1) is 39.7. The number of rotatable bonds is 21. The molecule has 0 aliphatic carbocycles. The van der Waals surface area contributed by atoms with Gasteiger partial charge in [0.25, 0.3) is 0 Å². The zero-order valence-electron chi connectivity index (χ0n) is 27.4. The van der Waals surface area contributed by atoms with Gasteiger partial charge >= 0.3 is 6.09 Å². The number of carbonyl (C=O) groups excluding carboxylic acids is 1. The Labute approximate surface area is 270 Å². The van der Waals surface area contributed by atoms with Crippen LogP contribution in [0.5, 0.6) is 0 Å². The van der Waals surface area contributed by atoms with Crippen molar-refractivity contribution in [3.63, 3.8) is 0 Å². The van der Waals surface area contributed by atoms with E-state index in [0.717, 1.165) is 25.8 Å². The molecule has 0 radical (unpaired) electrons. The highest BCUT2D eigenvalue weighted by Crippen LogP contribution is 2.15. The summed E-state index contributed by atoms with van der Waals surface area (Å²) in [6.45, 7) is 3.56. The quantitative estimate of drug-likeness (QED) is 0.116. The van der Waals surface area contributed by atoms with Crippen molar-refractivity contribution in [2.24, 2.45) is 0 Å². The van der Waals surface area contributed by atoms with E-state index in [1.165, 1.54) is 83.5 Å². The summed E-state index contributed by atoms with van der Waals surface area (Å²) in [6, 6.07) is 0. The zero-order chi connectivity index (χ0) is 32.2. The number of unbranched alkanes of at least 4 members (excludes halogenated alkanes) is 14. The molecule has 0 aromatic rings. The van der Waals surface area contributed by atoms with Gasteiger partial charge in [0.1, 0.15) is 6.10 Å². The maximum atomic E-state index is 12.3. The summed E-state index contributed by atoms with van der Waals surface area (Å²) in [6.07, 6.45) is 25.3. The first-order chi connectivity index (χ1) is 21.6. The maximum absolute atomic E-state index is 12.3. The molecule has 0 rings (SSSR count). The van der Waals surface area contributed by atoms with Crippen LogP contribution in [0.2, 0.25) is 0 Å². The molecule has 0 bridgehead atoms. The predicted octanol–water partition coefficient (Wildman–Crippen LogP) is 6.95. The Kier molecular flexibility index (Phi) is 30.0. The molecular weight excluding hydrogens is 540 g/mol. The van der Waals surface area contributed by atoms with Crippen molar-refractivity contribution in [1.29, 1.82) is 0 Å². The van der Waals surface area contributed by atoms with Gasteiger partial charge in [0.15, 0.2) is 0 Å². The van der Waals surface area contributed by atoms with E-state index in [2.05, 4.69) is 101 Å². The van der Waals surface area contributed by atoms with Crippen LogP contribution in [0.1, 0.15) is 116 Å². The molecule has 0 aromatic carbocycles. The number of nitrogens with zero attached hydrogens (tertiary/aromatic N) is 1. The number of hydrogen-bond donors (Lipinski definition) is 1. The second kappa shape index (κ2) is 33.2. The molecule has 44 heavy (non-hydrogen) atoms. The van der Waals surface area contributed by atoms with Gasteiger partial charge in [-0.3, -0.25) is 0 Å². The lowest BCUT2D eigenvalue weighted by molar-refractivity contribution is 0.0930. The van der Waals surface area contributed by atoms with Crippen molar-refractivity contribution in [1.82, 2.24) is 10.2 Å². The molecule has 0 aromatic heterocycles. The molecule has 0 aliphatic heterocycles. The Balaban J connectivity index is 4.43. The van der Waals surface area contributed by atoms with Gasteiger partial charge in [-0.1, -0.05) is 103 Å². The summed E-state index contributed by atoms with van der Waals surface area (Å²) >= 11 is 0. The number of likely N-dealkylation sites (N-methyl/N-ethyl adjacent to an activating group) is 1. The van der Waals surface area contributed by atoms with Crippen LogP contribution >= 0.6 is 0 Å². The van der Waals surface area contributed by atoms with Gasteiger partial charge in [0, 0.05) is 19.5 Å². The number of amides is 1. The first-order valence-electron chi connectivity index (χ1n) is 16.1.